The summed E-state index contributed by atoms with van der Waals surface area (Å²) in [6.45, 7) is 3.21. The van der Waals surface area contributed by atoms with Crippen molar-refractivity contribution in [2.45, 2.75) is 19.8 Å². The zero-order valence-electron chi connectivity index (χ0n) is 12.8. The zero-order chi connectivity index (χ0) is 15.9. The van der Waals surface area contributed by atoms with Crippen molar-refractivity contribution < 1.29 is 9.53 Å². The number of nitrogens with one attached hydrogen (secondary N) is 1. The molecule has 0 fully saturated rings. The van der Waals surface area contributed by atoms with Gasteiger partial charge in [0.05, 0.1) is 23.1 Å². The number of carbonyl (C=O) groups excluding carboxylic acids is 1. The van der Waals surface area contributed by atoms with Gasteiger partial charge in [-0.2, -0.15) is 5.10 Å². The van der Waals surface area contributed by atoms with Crippen LogP contribution in [-0.4, -0.2) is 35.9 Å². The van der Waals surface area contributed by atoms with Crippen molar-refractivity contribution in [3.63, 3.8) is 0 Å². The van der Waals surface area contributed by atoms with Gasteiger partial charge in [0.15, 0.2) is 0 Å². The Morgan fingerprint density at radius 3 is 2.95 bits per heavy atom. The van der Waals surface area contributed by atoms with Crippen LogP contribution in [0.3, 0.4) is 0 Å². The minimum Gasteiger partial charge on any atom is -0.385 e. The number of amides is 1. The summed E-state index contributed by atoms with van der Waals surface area (Å²) in [5.41, 5.74) is 2.31. The van der Waals surface area contributed by atoms with E-state index in [4.69, 9.17) is 16.3 Å². The number of halogens is 1. The number of rotatable bonds is 7. The van der Waals surface area contributed by atoms with Crippen LogP contribution in [0.15, 0.2) is 30.5 Å². The average Bonchev–Trinajstić information content (AvgIpc) is 2.95. The van der Waals surface area contributed by atoms with Crippen molar-refractivity contribution in [1.82, 2.24) is 15.1 Å². The van der Waals surface area contributed by atoms with E-state index in [1.807, 2.05) is 31.2 Å². The fourth-order valence-electron chi connectivity index (χ4n) is 2.25. The Kier molecular flexibility index (Phi) is 5.98. The van der Waals surface area contributed by atoms with Crippen molar-refractivity contribution in [3.8, 4) is 5.69 Å². The van der Waals surface area contributed by atoms with Gasteiger partial charge in [-0.05, 0) is 31.0 Å². The molecule has 0 bridgehead atoms. The SMILES string of the molecule is CCc1c(C(=O)NCCCOC)cnn1-c1cccc(Cl)c1. The normalized spacial score (nSPS) is 10.7. The number of hydrogen-bond donors (Lipinski definition) is 1. The Bertz CT molecular complexity index is 640. The summed E-state index contributed by atoms with van der Waals surface area (Å²) in [5, 5.41) is 7.86. The molecule has 1 heterocycles. The van der Waals surface area contributed by atoms with Crippen molar-refractivity contribution in [2.24, 2.45) is 0 Å². The summed E-state index contributed by atoms with van der Waals surface area (Å²) in [5.74, 6) is -0.110. The second-order valence-corrected chi connectivity index (χ2v) is 5.29. The zero-order valence-corrected chi connectivity index (χ0v) is 13.6. The highest BCUT2D eigenvalue weighted by Gasteiger charge is 2.16. The molecule has 1 aromatic heterocycles. The number of methoxy groups -OCH3 is 1. The lowest BCUT2D eigenvalue weighted by Crippen LogP contribution is -2.26. The highest BCUT2D eigenvalue weighted by atomic mass is 35.5. The van der Waals surface area contributed by atoms with Gasteiger partial charge in [-0.15, -0.1) is 0 Å². The summed E-state index contributed by atoms with van der Waals surface area (Å²) in [4.78, 5) is 12.3. The summed E-state index contributed by atoms with van der Waals surface area (Å²) in [6.07, 6.45) is 3.09. The lowest BCUT2D eigenvalue weighted by Gasteiger charge is -2.09. The molecule has 0 aliphatic heterocycles. The van der Waals surface area contributed by atoms with Gasteiger partial charge in [-0.1, -0.05) is 24.6 Å². The van der Waals surface area contributed by atoms with E-state index in [2.05, 4.69) is 10.4 Å². The number of aromatic nitrogens is 2. The van der Waals surface area contributed by atoms with Gasteiger partial charge < -0.3 is 10.1 Å². The van der Waals surface area contributed by atoms with Crippen LogP contribution in [0.4, 0.5) is 0 Å². The van der Waals surface area contributed by atoms with Gasteiger partial charge in [0, 0.05) is 25.3 Å². The van der Waals surface area contributed by atoms with Crippen LogP contribution in [0.2, 0.25) is 5.02 Å². The summed E-state index contributed by atoms with van der Waals surface area (Å²) in [6, 6.07) is 7.42. The fraction of sp³-hybridized carbons (Fsp3) is 0.375. The highest BCUT2D eigenvalue weighted by molar-refractivity contribution is 6.30. The molecule has 0 atom stereocenters. The first-order chi connectivity index (χ1) is 10.7. The summed E-state index contributed by atoms with van der Waals surface area (Å²) in [7, 11) is 1.64. The minimum atomic E-state index is -0.110. The number of nitrogens with zero attached hydrogens (tertiary/aromatic N) is 2. The third kappa shape index (κ3) is 3.87. The molecule has 0 saturated heterocycles. The lowest BCUT2D eigenvalue weighted by atomic mass is 10.2. The van der Waals surface area contributed by atoms with Crippen LogP contribution in [0.5, 0.6) is 0 Å². The molecule has 0 spiro atoms. The van der Waals surface area contributed by atoms with E-state index in [0.717, 1.165) is 17.8 Å². The second kappa shape index (κ2) is 7.96. The Balaban J connectivity index is 2.18. The van der Waals surface area contributed by atoms with E-state index in [1.54, 1.807) is 18.0 Å². The van der Waals surface area contributed by atoms with Gasteiger partial charge in [-0.25, -0.2) is 4.68 Å². The molecule has 0 radical (unpaired) electrons. The predicted octanol–water partition coefficient (Wildman–Crippen LogP) is 2.85. The van der Waals surface area contributed by atoms with E-state index in [1.165, 1.54) is 0 Å². The minimum absolute atomic E-state index is 0.110. The molecule has 22 heavy (non-hydrogen) atoms. The van der Waals surface area contributed by atoms with E-state index in [-0.39, 0.29) is 5.91 Å². The van der Waals surface area contributed by atoms with Crippen LogP contribution >= 0.6 is 11.6 Å². The predicted molar refractivity (Wildman–Crippen MR) is 86.8 cm³/mol. The molecule has 0 unspecified atom stereocenters. The van der Waals surface area contributed by atoms with E-state index in [0.29, 0.717) is 30.2 Å². The standard InChI is InChI=1S/C16H20ClN3O2/c1-3-15-14(16(21)18-8-5-9-22-2)11-19-20(15)13-7-4-6-12(17)10-13/h4,6-7,10-11H,3,5,8-9H2,1-2H3,(H,18,21). The Labute approximate surface area is 135 Å². The topological polar surface area (TPSA) is 56.1 Å². The van der Waals surface area contributed by atoms with Gasteiger partial charge >= 0.3 is 0 Å². The Hall–Kier alpha value is -1.85. The van der Waals surface area contributed by atoms with Crippen molar-refractivity contribution in [1.29, 1.82) is 0 Å². The first-order valence-electron chi connectivity index (χ1n) is 7.27. The number of benzene rings is 1. The molecule has 1 aromatic carbocycles. The third-order valence-corrected chi connectivity index (χ3v) is 3.55. The fourth-order valence-corrected chi connectivity index (χ4v) is 2.43. The number of ether oxygens (including phenoxy) is 1. The Morgan fingerprint density at radius 1 is 1.45 bits per heavy atom. The van der Waals surface area contributed by atoms with Crippen LogP contribution in [0.25, 0.3) is 5.69 Å². The smallest absolute Gasteiger partial charge is 0.254 e. The maximum atomic E-state index is 12.3. The van der Waals surface area contributed by atoms with E-state index >= 15 is 0 Å². The maximum Gasteiger partial charge on any atom is 0.254 e. The monoisotopic (exact) mass is 321 g/mol. The quantitative estimate of drug-likeness (QED) is 0.798. The molecule has 0 saturated carbocycles. The van der Waals surface area contributed by atoms with Crippen LogP contribution in [-0.2, 0) is 11.2 Å². The molecule has 1 N–H and O–H groups in total. The third-order valence-electron chi connectivity index (χ3n) is 3.31. The van der Waals surface area contributed by atoms with Gasteiger partial charge in [-0.3, -0.25) is 4.79 Å². The molecule has 118 valence electrons. The maximum absolute atomic E-state index is 12.3. The van der Waals surface area contributed by atoms with Crippen LogP contribution in [0.1, 0.15) is 29.4 Å². The Morgan fingerprint density at radius 2 is 2.27 bits per heavy atom. The number of carbonyl (C=O) groups is 1. The average molecular weight is 322 g/mol. The van der Waals surface area contributed by atoms with Crippen molar-refractivity contribution in [2.75, 3.05) is 20.3 Å². The summed E-state index contributed by atoms with van der Waals surface area (Å²) < 4.78 is 6.73. The van der Waals surface area contributed by atoms with E-state index < -0.39 is 0 Å². The molecular formula is C16H20ClN3O2. The molecular weight excluding hydrogens is 302 g/mol. The molecule has 0 aliphatic rings. The molecule has 0 aliphatic carbocycles. The molecule has 6 heteroatoms. The number of hydrogen-bond acceptors (Lipinski definition) is 3. The van der Waals surface area contributed by atoms with Crippen molar-refractivity contribution >= 4 is 17.5 Å². The molecule has 2 aromatic rings. The largest absolute Gasteiger partial charge is 0.385 e. The first-order valence-corrected chi connectivity index (χ1v) is 7.65. The highest BCUT2D eigenvalue weighted by Crippen LogP contribution is 2.19. The van der Waals surface area contributed by atoms with Crippen molar-refractivity contribution in [3.05, 3.63) is 46.7 Å². The lowest BCUT2D eigenvalue weighted by molar-refractivity contribution is 0.0947. The molecule has 1 amide bonds. The van der Waals surface area contributed by atoms with Crippen LogP contribution < -0.4 is 5.32 Å². The van der Waals surface area contributed by atoms with Gasteiger partial charge in [0.1, 0.15) is 0 Å². The summed E-state index contributed by atoms with van der Waals surface area (Å²) >= 11 is 6.03. The first kappa shape index (κ1) is 16.5. The van der Waals surface area contributed by atoms with Gasteiger partial charge in [0.25, 0.3) is 5.91 Å². The molecule has 5 nitrogen and oxygen atoms in total. The molecule has 2 rings (SSSR count). The second-order valence-electron chi connectivity index (χ2n) is 4.85. The van der Waals surface area contributed by atoms with Crippen LogP contribution in [0, 0.1) is 0 Å². The van der Waals surface area contributed by atoms with Gasteiger partial charge in [0.2, 0.25) is 0 Å². The van der Waals surface area contributed by atoms with E-state index in [9.17, 15) is 4.79 Å².